The molecule has 0 aromatic heterocycles. The predicted octanol–water partition coefficient (Wildman–Crippen LogP) is 10.3. The van der Waals surface area contributed by atoms with Gasteiger partial charge in [-0.25, -0.2) is 0 Å². The summed E-state index contributed by atoms with van der Waals surface area (Å²) in [7, 11) is 3.46. The summed E-state index contributed by atoms with van der Waals surface area (Å²) in [6, 6.07) is 8.56. The Hall–Kier alpha value is -3.32. The standard InChI is InChI=1S/C42H56ClN2O4/c1-13-48-28(5)44-36(41(7,8)34-24-32(46-11)22-26(3)39(34)44)20-18-30-16-15-17-31(38(30)43)19-21-37-42(9,10)35-25-33(47-12)23-27(4)40(35)45(37)29(6)49-14-2/h18-25,28-29H,13-17H2,1-12H3/q+1. The molecule has 1 aliphatic carbocycles. The van der Waals surface area contributed by atoms with Gasteiger partial charge in [0.15, 0.2) is 5.71 Å². The van der Waals surface area contributed by atoms with Gasteiger partial charge in [0.2, 0.25) is 5.69 Å². The number of allylic oxidation sites excluding steroid dienone is 8. The molecule has 5 rings (SSSR count). The van der Waals surface area contributed by atoms with Crippen LogP contribution < -0.4 is 14.4 Å². The van der Waals surface area contributed by atoms with E-state index >= 15 is 0 Å². The van der Waals surface area contributed by atoms with Crippen molar-refractivity contribution in [2.24, 2.45) is 0 Å². The van der Waals surface area contributed by atoms with E-state index in [0.717, 1.165) is 46.9 Å². The maximum Gasteiger partial charge on any atom is 0.260 e. The van der Waals surface area contributed by atoms with Gasteiger partial charge in [-0.15, -0.1) is 0 Å². The van der Waals surface area contributed by atoms with Crippen molar-refractivity contribution in [2.75, 3.05) is 32.3 Å². The summed E-state index contributed by atoms with van der Waals surface area (Å²) in [4.78, 5) is 2.35. The molecule has 7 heteroatoms. The average Bonchev–Trinajstić information content (AvgIpc) is 3.43. The third kappa shape index (κ3) is 6.64. The van der Waals surface area contributed by atoms with E-state index in [2.05, 4.69) is 113 Å². The Labute approximate surface area is 299 Å². The number of halogens is 1. The molecule has 2 unspecified atom stereocenters. The SMILES string of the molecule is CCOC(C)N1/C(=C\C=C2/CCCC(/C=C/C3=[N+](C(C)OCC)c4c(C)cc(OC)cc4C3(C)C)=C2Cl)C(C)(C)c2cc(OC)cc(C)c21. The summed E-state index contributed by atoms with van der Waals surface area (Å²) >= 11 is 7.28. The van der Waals surface area contributed by atoms with E-state index in [1.54, 1.807) is 14.2 Å². The topological polar surface area (TPSA) is 43.2 Å². The highest BCUT2D eigenvalue weighted by molar-refractivity contribution is 6.32. The first-order valence-corrected chi connectivity index (χ1v) is 18.2. The fraction of sp³-hybridized carbons (Fsp3) is 0.500. The molecule has 2 heterocycles. The van der Waals surface area contributed by atoms with E-state index in [9.17, 15) is 0 Å². The van der Waals surface area contributed by atoms with Crippen molar-refractivity contribution in [3.8, 4) is 11.5 Å². The number of benzene rings is 2. The molecule has 3 aliphatic rings. The summed E-state index contributed by atoms with van der Waals surface area (Å²) in [5, 5.41) is 0.839. The Bertz CT molecular complexity index is 1760. The number of hydrogen-bond acceptors (Lipinski definition) is 5. The highest BCUT2D eigenvalue weighted by Crippen LogP contribution is 2.52. The summed E-state index contributed by atoms with van der Waals surface area (Å²) < 4.78 is 26.1. The lowest BCUT2D eigenvalue weighted by molar-refractivity contribution is -0.536. The Morgan fingerprint density at radius 1 is 0.837 bits per heavy atom. The maximum absolute atomic E-state index is 7.28. The molecule has 0 bridgehead atoms. The highest BCUT2D eigenvalue weighted by Gasteiger charge is 2.48. The highest BCUT2D eigenvalue weighted by atomic mass is 35.5. The molecule has 0 amide bonds. The third-order valence-electron chi connectivity index (χ3n) is 10.5. The first kappa shape index (κ1) is 36.9. The lowest BCUT2D eigenvalue weighted by Crippen LogP contribution is -2.35. The lowest BCUT2D eigenvalue weighted by atomic mass is 9.80. The largest absolute Gasteiger partial charge is 0.497 e. The molecule has 2 aliphatic heterocycles. The van der Waals surface area contributed by atoms with Crippen molar-refractivity contribution in [2.45, 2.75) is 112 Å². The van der Waals surface area contributed by atoms with Crippen LogP contribution in [-0.4, -0.2) is 50.2 Å². The van der Waals surface area contributed by atoms with Crippen molar-refractivity contribution in [3.05, 3.63) is 92.7 Å². The molecule has 0 N–H and O–H groups in total. The van der Waals surface area contributed by atoms with Crippen molar-refractivity contribution < 1.29 is 23.5 Å². The van der Waals surface area contributed by atoms with Crippen LogP contribution in [0.2, 0.25) is 0 Å². The summed E-state index contributed by atoms with van der Waals surface area (Å²) in [6.45, 7) is 23.1. The fourth-order valence-electron chi connectivity index (χ4n) is 7.97. The quantitative estimate of drug-likeness (QED) is 0.220. The number of anilines is 1. The van der Waals surface area contributed by atoms with Crippen LogP contribution in [0.15, 0.2) is 70.4 Å². The predicted molar refractivity (Wildman–Crippen MR) is 203 cm³/mol. The van der Waals surface area contributed by atoms with Gasteiger partial charge in [-0.05, 0) is 120 Å². The second-order valence-electron chi connectivity index (χ2n) is 14.4. The van der Waals surface area contributed by atoms with Crippen molar-refractivity contribution >= 4 is 28.7 Å². The molecule has 0 radical (unpaired) electrons. The average molecular weight is 688 g/mol. The van der Waals surface area contributed by atoms with Crippen molar-refractivity contribution in [1.82, 2.24) is 0 Å². The third-order valence-corrected chi connectivity index (χ3v) is 11.0. The zero-order chi connectivity index (χ0) is 35.8. The number of rotatable bonds is 11. The van der Waals surface area contributed by atoms with E-state index in [1.807, 2.05) is 13.8 Å². The Morgan fingerprint density at radius 3 is 2.10 bits per heavy atom. The normalized spacial score (nSPS) is 21.2. The van der Waals surface area contributed by atoms with E-state index in [0.29, 0.717) is 13.2 Å². The monoisotopic (exact) mass is 687 g/mol. The number of hydrogen-bond donors (Lipinski definition) is 0. The molecule has 2 atom stereocenters. The Kier molecular flexibility index (Phi) is 10.9. The first-order valence-electron chi connectivity index (χ1n) is 17.8. The van der Waals surface area contributed by atoms with E-state index in [-0.39, 0.29) is 23.3 Å². The van der Waals surface area contributed by atoms with Gasteiger partial charge in [0.25, 0.3) is 6.23 Å². The zero-order valence-corrected chi connectivity index (χ0v) is 32.5. The van der Waals surface area contributed by atoms with Crippen molar-refractivity contribution in [3.63, 3.8) is 0 Å². The summed E-state index contributed by atoms with van der Waals surface area (Å²) in [5.41, 5.74) is 11.4. The zero-order valence-electron chi connectivity index (χ0n) is 31.7. The Morgan fingerprint density at radius 2 is 1.47 bits per heavy atom. The minimum atomic E-state index is -0.258. The second kappa shape index (κ2) is 14.5. The molecule has 0 spiro atoms. The van der Waals surface area contributed by atoms with Gasteiger partial charge in [0.05, 0.1) is 31.9 Å². The second-order valence-corrected chi connectivity index (χ2v) is 14.8. The van der Waals surface area contributed by atoms with Gasteiger partial charge >= 0.3 is 0 Å². The van der Waals surface area contributed by atoms with Crippen LogP contribution in [-0.2, 0) is 20.3 Å². The molecule has 49 heavy (non-hydrogen) atoms. The van der Waals surface area contributed by atoms with Gasteiger partial charge in [0.1, 0.15) is 17.7 Å². The molecule has 0 saturated carbocycles. The van der Waals surface area contributed by atoms with E-state index in [4.69, 9.17) is 30.5 Å². The molecule has 264 valence electrons. The number of fused-ring (bicyclic) bond motifs is 2. The Balaban J connectivity index is 1.57. The van der Waals surface area contributed by atoms with Crippen LogP contribution in [0.1, 0.15) is 96.9 Å². The minimum Gasteiger partial charge on any atom is -0.497 e. The number of methoxy groups -OCH3 is 2. The van der Waals surface area contributed by atoms with Crippen LogP contribution >= 0.6 is 11.6 Å². The van der Waals surface area contributed by atoms with Crippen LogP contribution in [0.4, 0.5) is 11.4 Å². The van der Waals surface area contributed by atoms with Crippen LogP contribution in [0, 0.1) is 13.8 Å². The van der Waals surface area contributed by atoms with Crippen LogP contribution in [0.3, 0.4) is 0 Å². The van der Waals surface area contributed by atoms with Gasteiger partial charge in [-0.3, -0.25) is 0 Å². The molecule has 2 aromatic rings. The fourth-order valence-corrected chi connectivity index (χ4v) is 8.29. The van der Waals surface area contributed by atoms with Crippen LogP contribution in [0.25, 0.3) is 0 Å². The summed E-state index contributed by atoms with van der Waals surface area (Å²) in [6.07, 6.45) is 11.6. The molecule has 0 fully saturated rings. The molecule has 0 saturated heterocycles. The smallest absolute Gasteiger partial charge is 0.260 e. The minimum absolute atomic E-state index is 0.125. The molecular weight excluding hydrogens is 632 g/mol. The number of aryl methyl sites for hydroxylation is 2. The molecule has 2 aromatic carbocycles. The van der Waals surface area contributed by atoms with E-state index < -0.39 is 0 Å². The van der Waals surface area contributed by atoms with Gasteiger partial charge in [0, 0.05) is 46.9 Å². The number of nitrogens with zero attached hydrogens (tertiary/aromatic N) is 2. The molecular formula is C42H56ClN2O4+. The van der Waals surface area contributed by atoms with Gasteiger partial charge in [-0.2, -0.15) is 4.58 Å². The van der Waals surface area contributed by atoms with E-state index in [1.165, 1.54) is 45.0 Å². The molecule has 6 nitrogen and oxygen atoms in total. The van der Waals surface area contributed by atoms with Gasteiger partial charge in [-0.1, -0.05) is 37.6 Å². The summed E-state index contributed by atoms with van der Waals surface area (Å²) in [5.74, 6) is 1.75. The lowest BCUT2D eigenvalue weighted by Gasteiger charge is -2.32. The van der Waals surface area contributed by atoms with Crippen molar-refractivity contribution in [1.29, 1.82) is 0 Å². The van der Waals surface area contributed by atoms with Crippen LogP contribution in [0.5, 0.6) is 11.5 Å². The first-order chi connectivity index (χ1) is 23.2. The van der Waals surface area contributed by atoms with Gasteiger partial charge < -0.3 is 23.8 Å². The number of ether oxygens (including phenoxy) is 4. The maximum atomic E-state index is 7.28.